The number of likely N-dealkylation sites (tertiary alicyclic amines) is 2. The Morgan fingerprint density at radius 3 is 1.06 bits per heavy atom. The van der Waals surface area contributed by atoms with Crippen LogP contribution in [0.15, 0.2) is 0 Å². The molecular formula is C26H48N2O6. The maximum Gasteiger partial charge on any atom is 0.320 e. The normalized spacial score (nSPS) is 27.1. The fourth-order valence-electron chi connectivity index (χ4n) is 7.19. The van der Waals surface area contributed by atoms with E-state index in [2.05, 4.69) is 9.80 Å². The average molecular weight is 485 g/mol. The molecule has 0 unspecified atom stereocenters. The van der Waals surface area contributed by atoms with Crippen molar-refractivity contribution in [3.8, 4) is 0 Å². The minimum atomic E-state index is -1.38. The summed E-state index contributed by atoms with van der Waals surface area (Å²) in [5, 5.41) is 24.4. The Hall–Kier alpha value is -1.22. The van der Waals surface area contributed by atoms with E-state index in [1.54, 1.807) is 13.8 Å². The van der Waals surface area contributed by atoms with Gasteiger partial charge in [-0.15, -0.1) is 0 Å². The Bertz CT molecular complexity index is 673. The molecule has 0 saturated carbocycles. The molecule has 0 amide bonds. The van der Waals surface area contributed by atoms with E-state index in [-0.39, 0.29) is 25.0 Å². The number of ether oxygens (including phenoxy) is 2. The Morgan fingerprint density at radius 2 is 0.853 bits per heavy atom. The van der Waals surface area contributed by atoms with Crippen LogP contribution in [0.2, 0.25) is 0 Å². The number of aliphatic hydroxyl groups is 2. The van der Waals surface area contributed by atoms with Gasteiger partial charge in [0, 0.05) is 22.2 Å². The molecule has 0 radical (unpaired) electrons. The minimum absolute atomic E-state index is 0.132. The van der Waals surface area contributed by atoms with Crippen molar-refractivity contribution >= 4 is 11.9 Å². The molecule has 2 rings (SSSR count). The van der Waals surface area contributed by atoms with E-state index in [9.17, 15) is 19.8 Å². The van der Waals surface area contributed by atoms with Crippen molar-refractivity contribution in [2.24, 2.45) is 0 Å². The van der Waals surface area contributed by atoms with E-state index in [4.69, 9.17) is 9.47 Å². The molecule has 8 heteroatoms. The lowest BCUT2D eigenvalue weighted by molar-refractivity contribution is -0.262. The lowest BCUT2D eigenvalue weighted by Crippen LogP contribution is -2.76. The first kappa shape index (κ1) is 29.0. The van der Waals surface area contributed by atoms with E-state index in [0.29, 0.717) is 38.9 Å². The Kier molecular flexibility index (Phi) is 7.97. The van der Waals surface area contributed by atoms with Crippen molar-refractivity contribution in [3.05, 3.63) is 0 Å². The molecule has 2 heterocycles. The molecule has 34 heavy (non-hydrogen) atoms. The molecule has 2 fully saturated rings. The highest BCUT2D eigenvalue weighted by atomic mass is 16.5. The van der Waals surface area contributed by atoms with Gasteiger partial charge < -0.3 is 19.7 Å². The number of hydrogen-bond acceptors (Lipinski definition) is 8. The molecule has 0 aromatic heterocycles. The third-order valence-corrected chi connectivity index (χ3v) is 7.87. The first-order chi connectivity index (χ1) is 15.3. The van der Waals surface area contributed by atoms with E-state index in [0.717, 1.165) is 0 Å². The third-order valence-electron chi connectivity index (χ3n) is 7.87. The summed E-state index contributed by atoms with van der Waals surface area (Å²) in [5.74, 6) is -0.579. The second-order valence-corrected chi connectivity index (χ2v) is 12.8. The van der Waals surface area contributed by atoms with Crippen LogP contribution in [0.5, 0.6) is 0 Å². The molecule has 2 aliphatic heterocycles. The summed E-state index contributed by atoms with van der Waals surface area (Å²) >= 11 is 0. The van der Waals surface area contributed by atoms with Gasteiger partial charge in [-0.3, -0.25) is 19.4 Å². The first-order valence-electron chi connectivity index (χ1n) is 12.6. The van der Waals surface area contributed by atoms with Gasteiger partial charge in [-0.1, -0.05) is 0 Å². The van der Waals surface area contributed by atoms with E-state index in [1.165, 1.54) is 0 Å². The summed E-state index contributed by atoms with van der Waals surface area (Å²) in [4.78, 5) is 28.8. The van der Waals surface area contributed by atoms with Crippen LogP contribution in [-0.4, -0.2) is 91.6 Å². The molecule has 198 valence electrons. The fraction of sp³-hybridized carbons (Fsp3) is 0.923. The van der Waals surface area contributed by atoms with Gasteiger partial charge in [0.15, 0.2) is 0 Å². The summed E-state index contributed by atoms with van der Waals surface area (Å²) in [5.41, 5.74) is -5.00. The molecule has 0 bridgehead atoms. The van der Waals surface area contributed by atoms with Gasteiger partial charge in [-0.2, -0.15) is 0 Å². The highest BCUT2D eigenvalue weighted by molar-refractivity contribution is 5.72. The van der Waals surface area contributed by atoms with Crippen LogP contribution in [0, 0.1) is 0 Å². The second-order valence-electron chi connectivity index (χ2n) is 12.8. The van der Waals surface area contributed by atoms with Crippen molar-refractivity contribution in [1.29, 1.82) is 0 Å². The summed E-state index contributed by atoms with van der Waals surface area (Å²) in [6, 6.07) is 0. The maximum atomic E-state index is 12.3. The second kappa shape index (κ2) is 9.34. The van der Waals surface area contributed by atoms with Crippen molar-refractivity contribution in [2.45, 2.75) is 128 Å². The lowest BCUT2D eigenvalue weighted by Gasteiger charge is -2.66. The van der Waals surface area contributed by atoms with Crippen molar-refractivity contribution in [2.75, 3.05) is 26.3 Å². The van der Waals surface area contributed by atoms with E-state index in [1.807, 2.05) is 55.4 Å². The van der Waals surface area contributed by atoms with E-state index >= 15 is 0 Å². The Labute approximate surface area is 206 Å². The molecule has 0 spiro atoms. The molecule has 0 aromatic rings. The number of carbonyl (C=O) groups excluding carboxylic acids is 2. The van der Waals surface area contributed by atoms with Crippen molar-refractivity contribution < 1.29 is 29.3 Å². The van der Waals surface area contributed by atoms with Crippen molar-refractivity contribution in [1.82, 2.24) is 9.80 Å². The van der Waals surface area contributed by atoms with Crippen LogP contribution < -0.4 is 0 Å². The third kappa shape index (κ3) is 5.61. The van der Waals surface area contributed by atoms with Crippen LogP contribution in [0.1, 0.15) is 94.9 Å². The van der Waals surface area contributed by atoms with Crippen LogP contribution in [0.4, 0.5) is 0 Å². The standard InChI is InChI=1S/C26H48N2O6/c1-11-33-19(29)13-27-21(3,4)15-25(31,16-22(27,5)6)26(32)17-23(7,8)28(24(9,10)18-26)14-20(30)34-12-2/h31-32H,11-18H2,1-10H3. The van der Waals surface area contributed by atoms with Gasteiger partial charge in [0.2, 0.25) is 0 Å². The highest BCUT2D eigenvalue weighted by Crippen LogP contribution is 2.55. The smallest absolute Gasteiger partial charge is 0.320 e. The quantitative estimate of drug-likeness (QED) is 0.532. The predicted octanol–water partition coefficient (Wildman–Crippen LogP) is 2.88. The average Bonchev–Trinajstić information content (AvgIpc) is 2.60. The summed E-state index contributed by atoms with van der Waals surface area (Å²) in [6.07, 6.45) is 1.24. The number of nitrogens with zero attached hydrogens (tertiary/aromatic N) is 2. The van der Waals surface area contributed by atoms with Gasteiger partial charge in [0.1, 0.15) is 0 Å². The molecule has 0 aromatic carbocycles. The largest absolute Gasteiger partial charge is 0.465 e. The number of rotatable bonds is 7. The highest BCUT2D eigenvalue weighted by Gasteiger charge is 2.65. The molecule has 0 atom stereocenters. The monoisotopic (exact) mass is 484 g/mol. The van der Waals surface area contributed by atoms with Gasteiger partial charge >= 0.3 is 11.9 Å². The molecule has 2 N–H and O–H groups in total. The first-order valence-corrected chi connectivity index (χ1v) is 12.6. The van der Waals surface area contributed by atoms with E-state index < -0.39 is 33.4 Å². The number of esters is 2. The van der Waals surface area contributed by atoms with Crippen LogP contribution in [0.25, 0.3) is 0 Å². The maximum absolute atomic E-state index is 12.3. The summed E-state index contributed by atoms with van der Waals surface area (Å²) < 4.78 is 10.4. The molecular weight excluding hydrogens is 436 g/mol. The minimum Gasteiger partial charge on any atom is -0.465 e. The zero-order valence-corrected chi connectivity index (χ0v) is 23.1. The number of carbonyl (C=O) groups is 2. The SMILES string of the molecule is CCOC(=O)CN1C(C)(C)CC(O)(C2(O)CC(C)(C)N(CC(=O)OCC)C(C)(C)C2)CC1(C)C. The Balaban J connectivity index is 2.39. The molecule has 8 nitrogen and oxygen atoms in total. The van der Waals surface area contributed by atoms with Crippen LogP contribution in [0.3, 0.4) is 0 Å². The van der Waals surface area contributed by atoms with Crippen LogP contribution >= 0.6 is 0 Å². The predicted molar refractivity (Wildman–Crippen MR) is 131 cm³/mol. The topological polar surface area (TPSA) is 99.5 Å². The van der Waals surface area contributed by atoms with Gasteiger partial charge in [-0.25, -0.2) is 0 Å². The summed E-state index contributed by atoms with van der Waals surface area (Å²) in [7, 11) is 0. The Morgan fingerprint density at radius 1 is 0.618 bits per heavy atom. The zero-order valence-electron chi connectivity index (χ0n) is 23.1. The fourth-order valence-corrected chi connectivity index (χ4v) is 7.19. The molecule has 2 saturated heterocycles. The lowest BCUT2D eigenvalue weighted by atomic mass is 9.57. The number of piperidine rings is 2. The van der Waals surface area contributed by atoms with Gasteiger partial charge in [-0.05, 0) is 94.9 Å². The number of hydrogen-bond donors (Lipinski definition) is 2. The van der Waals surface area contributed by atoms with Gasteiger partial charge in [0.25, 0.3) is 0 Å². The van der Waals surface area contributed by atoms with Gasteiger partial charge in [0.05, 0.1) is 37.5 Å². The molecule has 2 aliphatic rings. The zero-order chi connectivity index (χ0) is 26.4. The van der Waals surface area contributed by atoms with Crippen LogP contribution in [-0.2, 0) is 19.1 Å². The molecule has 0 aliphatic carbocycles. The van der Waals surface area contributed by atoms with Crippen molar-refractivity contribution in [3.63, 3.8) is 0 Å². The summed E-state index contributed by atoms with van der Waals surface area (Å²) in [6.45, 7) is 20.5.